The van der Waals surface area contributed by atoms with Gasteiger partial charge in [-0.2, -0.15) is 0 Å². The summed E-state index contributed by atoms with van der Waals surface area (Å²) in [6, 6.07) is 11.8. The first kappa shape index (κ1) is 19.2. The molecule has 144 valence electrons. The summed E-state index contributed by atoms with van der Waals surface area (Å²) in [6.07, 6.45) is 1.36. The van der Waals surface area contributed by atoms with Crippen LogP contribution in [0.3, 0.4) is 0 Å². The number of hydrogen-bond donors (Lipinski definition) is 2. The van der Waals surface area contributed by atoms with Crippen molar-refractivity contribution in [2.75, 3.05) is 24.1 Å². The Bertz CT molecular complexity index is 814. The van der Waals surface area contributed by atoms with Crippen molar-refractivity contribution in [3.05, 3.63) is 53.2 Å². The van der Waals surface area contributed by atoms with E-state index in [0.29, 0.717) is 5.82 Å². The third kappa shape index (κ3) is 5.69. The lowest BCUT2D eigenvalue weighted by Crippen LogP contribution is -2.32. The highest BCUT2D eigenvalue weighted by molar-refractivity contribution is 5.83. The number of nitrogen functional groups attached to an aromatic ring is 1. The van der Waals surface area contributed by atoms with Crippen molar-refractivity contribution in [3.8, 4) is 0 Å². The summed E-state index contributed by atoms with van der Waals surface area (Å²) in [6.45, 7) is 8.38. The summed E-state index contributed by atoms with van der Waals surface area (Å²) in [5.41, 5.74) is 9.83. The molecule has 0 spiro atoms. The summed E-state index contributed by atoms with van der Waals surface area (Å²) in [5.74, 6) is 0.515. The maximum atomic E-state index is 11.9. The van der Waals surface area contributed by atoms with Gasteiger partial charge in [-0.25, -0.2) is 9.78 Å². The number of pyridine rings is 1. The quantitative estimate of drug-likeness (QED) is 0.806. The number of fused-ring (bicyclic) bond motifs is 1. The summed E-state index contributed by atoms with van der Waals surface area (Å²) in [5, 5.41) is 2.70. The van der Waals surface area contributed by atoms with Gasteiger partial charge in [-0.15, -0.1) is 0 Å². The summed E-state index contributed by atoms with van der Waals surface area (Å²) in [4.78, 5) is 18.8. The van der Waals surface area contributed by atoms with Gasteiger partial charge in [0.1, 0.15) is 11.4 Å². The van der Waals surface area contributed by atoms with E-state index in [1.54, 1.807) is 6.07 Å². The SMILES string of the molecule is CC(C)(C)OC(=O)Nc1cccc(CCN2CCc3cc(N)ccc3C2)n1. The Morgan fingerprint density at radius 2 is 2.07 bits per heavy atom. The van der Waals surface area contributed by atoms with E-state index in [9.17, 15) is 4.79 Å². The zero-order valence-electron chi connectivity index (χ0n) is 16.3. The van der Waals surface area contributed by atoms with Gasteiger partial charge in [0.25, 0.3) is 0 Å². The number of carbonyl (C=O) groups excluding carboxylic acids is 1. The highest BCUT2D eigenvalue weighted by Gasteiger charge is 2.18. The van der Waals surface area contributed by atoms with E-state index in [1.165, 1.54) is 11.1 Å². The van der Waals surface area contributed by atoms with E-state index in [2.05, 4.69) is 27.3 Å². The fourth-order valence-corrected chi connectivity index (χ4v) is 3.19. The Balaban J connectivity index is 1.54. The lowest BCUT2D eigenvalue weighted by molar-refractivity contribution is 0.0635. The second-order valence-electron chi connectivity index (χ2n) is 7.95. The van der Waals surface area contributed by atoms with Gasteiger partial charge in [0.05, 0.1) is 0 Å². The van der Waals surface area contributed by atoms with Crippen molar-refractivity contribution in [2.45, 2.75) is 45.8 Å². The smallest absolute Gasteiger partial charge is 0.413 e. The molecular formula is C21H28N4O2. The van der Waals surface area contributed by atoms with E-state index in [1.807, 2.05) is 39.0 Å². The van der Waals surface area contributed by atoms with Gasteiger partial charge in [0.15, 0.2) is 0 Å². The van der Waals surface area contributed by atoms with Crippen molar-refractivity contribution in [1.29, 1.82) is 0 Å². The predicted octanol–water partition coefficient (Wildman–Crippen LogP) is 3.61. The van der Waals surface area contributed by atoms with E-state index >= 15 is 0 Å². The van der Waals surface area contributed by atoms with Crippen LogP contribution in [0, 0.1) is 0 Å². The molecule has 1 aliphatic heterocycles. The van der Waals surface area contributed by atoms with Crippen LogP contribution >= 0.6 is 0 Å². The maximum absolute atomic E-state index is 11.9. The third-order valence-corrected chi connectivity index (χ3v) is 4.44. The zero-order valence-corrected chi connectivity index (χ0v) is 16.3. The van der Waals surface area contributed by atoms with Crippen LogP contribution in [-0.4, -0.2) is 34.7 Å². The minimum Gasteiger partial charge on any atom is -0.444 e. The number of nitrogens with zero attached hydrogens (tertiary/aromatic N) is 2. The predicted molar refractivity (Wildman–Crippen MR) is 108 cm³/mol. The number of nitrogens with one attached hydrogen (secondary N) is 1. The topological polar surface area (TPSA) is 80.5 Å². The Morgan fingerprint density at radius 3 is 2.85 bits per heavy atom. The molecule has 3 rings (SSSR count). The molecule has 3 N–H and O–H groups in total. The molecule has 0 saturated carbocycles. The van der Waals surface area contributed by atoms with Crippen molar-refractivity contribution < 1.29 is 9.53 Å². The normalized spacial score (nSPS) is 14.5. The average Bonchev–Trinajstić information content (AvgIpc) is 2.58. The molecule has 0 radical (unpaired) electrons. The Kier molecular flexibility index (Phi) is 5.65. The Morgan fingerprint density at radius 1 is 1.26 bits per heavy atom. The molecule has 0 saturated heterocycles. The van der Waals surface area contributed by atoms with Gasteiger partial charge in [-0.1, -0.05) is 12.1 Å². The third-order valence-electron chi connectivity index (χ3n) is 4.44. The van der Waals surface area contributed by atoms with Crippen LogP contribution in [0.25, 0.3) is 0 Å². The minimum absolute atomic E-state index is 0.487. The molecular weight excluding hydrogens is 340 g/mol. The second kappa shape index (κ2) is 7.96. The largest absolute Gasteiger partial charge is 0.444 e. The molecule has 0 unspecified atom stereocenters. The summed E-state index contributed by atoms with van der Waals surface area (Å²) < 4.78 is 5.27. The van der Waals surface area contributed by atoms with Crippen molar-refractivity contribution in [2.24, 2.45) is 0 Å². The number of ether oxygens (including phenoxy) is 1. The van der Waals surface area contributed by atoms with E-state index < -0.39 is 11.7 Å². The summed E-state index contributed by atoms with van der Waals surface area (Å²) >= 11 is 0. The Hall–Kier alpha value is -2.60. The molecule has 1 aromatic carbocycles. The molecule has 6 nitrogen and oxygen atoms in total. The molecule has 0 atom stereocenters. The van der Waals surface area contributed by atoms with E-state index in [-0.39, 0.29) is 0 Å². The van der Waals surface area contributed by atoms with Crippen LogP contribution in [-0.2, 0) is 24.1 Å². The number of nitrogens with two attached hydrogens (primary N) is 1. The average molecular weight is 368 g/mol. The lowest BCUT2D eigenvalue weighted by Gasteiger charge is -2.28. The van der Waals surface area contributed by atoms with Gasteiger partial charge < -0.3 is 10.5 Å². The maximum Gasteiger partial charge on any atom is 0.413 e. The van der Waals surface area contributed by atoms with E-state index in [4.69, 9.17) is 10.5 Å². The molecule has 2 aromatic rings. The number of amides is 1. The molecule has 0 bridgehead atoms. The summed E-state index contributed by atoms with van der Waals surface area (Å²) in [7, 11) is 0. The number of aromatic nitrogens is 1. The fraction of sp³-hybridized carbons (Fsp3) is 0.429. The first-order valence-corrected chi connectivity index (χ1v) is 9.34. The standard InChI is InChI=1S/C21H28N4O2/c1-21(2,3)27-20(26)24-19-6-4-5-18(23-19)10-12-25-11-9-15-13-17(22)8-7-16(15)14-25/h4-8,13H,9-12,14,22H2,1-3H3,(H,23,24,26). The molecule has 1 aromatic heterocycles. The van der Waals surface area contributed by atoms with Gasteiger partial charge >= 0.3 is 6.09 Å². The lowest BCUT2D eigenvalue weighted by atomic mass is 9.99. The van der Waals surface area contributed by atoms with Crippen LogP contribution in [0.5, 0.6) is 0 Å². The molecule has 0 fully saturated rings. The van der Waals surface area contributed by atoms with Gasteiger partial charge in [0, 0.05) is 37.4 Å². The highest BCUT2D eigenvalue weighted by Crippen LogP contribution is 2.21. The number of carbonyl (C=O) groups is 1. The molecule has 1 aliphatic rings. The Labute approximate surface area is 160 Å². The van der Waals surface area contributed by atoms with Crippen LogP contribution in [0.2, 0.25) is 0 Å². The number of anilines is 2. The van der Waals surface area contributed by atoms with Crippen LogP contribution < -0.4 is 11.1 Å². The van der Waals surface area contributed by atoms with Crippen LogP contribution in [0.15, 0.2) is 36.4 Å². The van der Waals surface area contributed by atoms with Crippen molar-refractivity contribution >= 4 is 17.6 Å². The monoisotopic (exact) mass is 368 g/mol. The second-order valence-corrected chi connectivity index (χ2v) is 7.95. The molecule has 6 heteroatoms. The van der Waals surface area contributed by atoms with E-state index in [0.717, 1.165) is 43.9 Å². The zero-order chi connectivity index (χ0) is 19.4. The molecule has 27 heavy (non-hydrogen) atoms. The highest BCUT2D eigenvalue weighted by atomic mass is 16.6. The van der Waals surface area contributed by atoms with Crippen LogP contribution in [0.4, 0.5) is 16.3 Å². The molecule has 1 amide bonds. The minimum atomic E-state index is -0.531. The number of rotatable bonds is 4. The molecule has 0 aliphatic carbocycles. The van der Waals surface area contributed by atoms with Crippen molar-refractivity contribution in [3.63, 3.8) is 0 Å². The van der Waals surface area contributed by atoms with Gasteiger partial charge in [0.2, 0.25) is 0 Å². The van der Waals surface area contributed by atoms with Crippen molar-refractivity contribution in [1.82, 2.24) is 9.88 Å². The first-order valence-electron chi connectivity index (χ1n) is 9.34. The van der Waals surface area contributed by atoms with Gasteiger partial charge in [-0.05, 0) is 62.6 Å². The number of benzene rings is 1. The number of hydrogen-bond acceptors (Lipinski definition) is 5. The van der Waals surface area contributed by atoms with Gasteiger partial charge in [-0.3, -0.25) is 10.2 Å². The fourth-order valence-electron chi connectivity index (χ4n) is 3.19. The first-order chi connectivity index (χ1) is 12.8. The molecule has 2 heterocycles. The van der Waals surface area contributed by atoms with Crippen LogP contribution in [0.1, 0.15) is 37.6 Å².